The molecule has 1 rings (SSSR count). The number of nitrogen functional groups attached to an aromatic ring is 1. The smallest absolute Gasteiger partial charge is 0.214 e. The highest BCUT2D eigenvalue weighted by Crippen LogP contribution is 2.06. The molecular weight excluding hydrogens is 196 g/mol. The van der Waals surface area contributed by atoms with Crippen LogP contribution in [0, 0.1) is 4.77 Å². The molecule has 0 unspecified atom stereocenters. The van der Waals surface area contributed by atoms with Crippen molar-refractivity contribution in [3.8, 4) is 0 Å². The number of unbranched alkanes of at least 4 members (excludes halogenated alkanes) is 4. The summed E-state index contributed by atoms with van der Waals surface area (Å²) in [5, 5.41) is 6.73. The molecule has 5 heteroatoms. The predicted molar refractivity (Wildman–Crippen MR) is 60.0 cm³/mol. The molecule has 0 amide bonds. The fraction of sp³-hybridized carbons (Fsp3) is 0.778. The molecule has 0 aliphatic rings. The van der Waals surface area contributed by atoms with Gasteiger partial charge in [-0.3, -0.25) is 5.10 Å². The van der Waals surface area contributed by atoms with Crippen molar-refractivity contribution in [1.29, 1.82) is 0 Å². The number of aryl methyl sites for hydroxylation is 1. The van der Waals surface area contributed by atoms with E-state index in [0.29, 0.717) is 4.77 Å². The molecule has 80 valence electrons. The van der Waals surface area contributed by atoms with Crippen LogP contribution in [0.5, 0.6) is 0 Å². The highest BCUT2D eigenvalue weighted by atomic mass is 32.1. The van der Waals surface area contributed by atoms with Crippen LogP contribution >= 0.6 is 12.2 Å². The van der Waals surface area contributed by atoms with Gasteiger partial charge in [-0.25, -0.2) is 4.68 Å². The molecular formula is C9H18N4S. The number of aromatic amines is 1. The minimum atomic E-state index is 0.494. The minimum absolute atomic E-state index is 0.494. The first-order valence-electron chi connectivity index (χ1n) is 5.17. The third-order valence-electron chi connectivity index (χ3n) is 2.28. The molecule has 0 saturated carbocycles. The molecule has 1 heterocycles. The molecule has 0 fully saturated rings. The molecule has 0 aliphatic carbocycles. The average molecular weight is 214 g/mol. The zero-order valence-corrected chi connectivity index (χ0v) is 9.44. The van der Waals surface area contributed by atoms with E-state index in [1.54, 1.807) is 0 Å². The third kappa shape index (κ3) is 3.14. The van der Waals surface area contributed by atoms with Crippen molar-refractivity contribution in [1.82, 2.24) is 14.9 Å². The van der Waals surface area contributed by atoms with Gasteiger partial charge in [0.05, 0.1) is 0 Å². The molecule has 3 N–H and O–H groups in total. The van der Waals surface area contributed by atoms with Gasteiger partial charge < -0.3 is 5.84 Å². The minimum Gasteiger partial charge on any atom is -0.335 e. The number of hydrogen-bond acceptors (Lipinski definition) is 3. The molecule has 0 spiro atoms. The lowest BCUT2D eigenvalue weighted by Gasteiger charge is -2.00. The van der Waals surface area contributed by atoms with Crippen molar-refractivity contribution in [3.63, 3.8) is 0 Å². The molecule has 4 nitrogen and oxygen atoms in total. The van der Waals surface area contributed by atoms with Gasteiger partial charge in [-0.1, -0.05) is 32.6 Å². The quantitative estimate of drug-likeness (QED) is 0.433. The van der Waals surface area contributed by atoms with Gasteiger partial charge in [0.25, 0.3) is 0 Å². The Hall–Kier alpha value is -0.840. The first-order valence-corrected chi connectivity index (χ1v) is 5.58. The number of rotatable bonds is 6. The Morgan fingerprint density at radius 1 is 1.36 bits per heavy atom. The maximum Gasteiger partial charge on any atom is 0.214 e. The molecule has 0 saturated heterocycles. The van der Waals surface area contributed by atoms with Gasteiger partial charge in [0.15, 0.2) is 5.82 Å². The van der Waals surface area contributed by atoms with Crippen molar-refractivity contribution >= 4 is 12.2 Å². The van der Waals surface area contributed by atoms with Gasteiger partial charge in [-0.2, -0.15) is 5.10 Å². The van der Waals surface area contributed by atoms with Gasteiger partial charge in [0, 0.05) is 6.42 Å². The van der Waals surface area contributed by atoms with Crippen LogP contribution in [0.2, 0.25) is 0 Å². The van der Waals surface area contributed by atoms with Crippen molar-refractivity contribution in [2.75, 3.05) is 5.84 Å². The van der Waals surface area contributed by atoms with Gasteiger partial charge in [-0.15, -0.1) is 0 Å². The molecule has 0 atom stereocenters. The van der Waals surface area contributed by atoms with Crippen molar-refractivity contribution < 1.29 is 0 Å². The van der Waals surface area contributed by atoms with Crippen LogP contribution in [-0.2, 0) is 6.42 Å². The highest BCUT2D eigenvalue weighted by molar-refractivity contribution is 7.71. The Morgan fingerprint density at radius 2 is 2.07 bits per heavy atom. The maximum atomic E-state index is 5.66. The zero-order valence-electron chi connectivity index (χ0n) is 8.62. The summed E-state index contributed by atoms with van der Waals surface area (Å²) in [4.78, 5) is 0. The van der Waals surface area contributed by atoms with Crippen LogP contribution in [0.4, 0.5) is 0 Å². The summed E-state index contributed by atoms with van der Waals surface area (Å²) in [5.41, 5.74) is 0. The summed E-state index contributed by atoms with van der Waals surface area (Å²) in [6, 6.07) is 0. The standard InChI is InChI=1S/C9H18N4S/c1-2-3-4-5-6-7-8-11-12-9(14)13(8)10/h2-7,10H2,1H3,(H,12,14). The zero-order chi connectivity index (χ0) is 10.4. The Morgan fingerprint density at radius 3 is 2.64 bits per heavy atom. The van der Waals surface area contributed by atoms with Gasteiger partial charge in [0.1, 0.15) is 0 Å². The molecule has 0 radical (unpaired) electrons. The maximum absolute atomic E-state index is 5.66. The van der Waals surface area contributed by atoms with Crippen molar-refractivity contribution in [3.05, 3.63) is 10.6 Å². The second-order valence-electron chi connectivity index (χ2n) is 3.48. The highest BCUT2D eigenvalue weighted by Gasteiger charge is 2.01. The molecule has 14 heavy (non-hydrogen) atoms. The largest absolute Gasteiger partial charge is 0.335 e. The van der Waals surface area contributed by atoms with Gasteiger partial charge >= 0.3 is 0 Å². The fourth-order valence-electron chi connectivity index (χ4n) is 1.40. The Balaban J connectivity index is 2.25. The number of H-pyrrole nitrogens is 1. The van der Waals surface area contributed by atoms with E-state index in [0.717, 1.165) is 18.7 Å². The van der Waals surface area contributed by atoms with E-state index >= 15 is 0 Å². The second kappa shape index (κ2) is 5.80. The first-order chi connectivity index (χ1) is 6.75. The topological polar surface area (TPSA) is 59.6 Å². The van der Waals surface area contributed by atoms with E-state index in [-0.39, 0.29) is 0 Å². The molecule has 0 aromatic carbocycles. The average Bonchev–Trinajstić information content (AvgIpc) is 2.49. The van der Waals surface area contributed by atoms with E-state index in [1.807, 2.05) is 0 Å². The Labute approximate surface area is 89.5 Å². The van der Waals surface area contributed by atoms with E-state index in [4.69, 9.17) is 18.1 Å². The summed E-state index contributed by atoms with van der Waals surface area (Å²) in [5.74, 6) is 6.52. The van der Waals surface area contributed by atoms with Crippen LogP contribution in [0.1, 0.15) is 44.9 Å². The predicted octanol–water partition coefficient (Wildman–Crippen LogP) is 2.17. The molecule has 0 aliphatic heterocycles. The summed E-state index contributed by atoms with van der Waals surface area (Å²) in [6.45, 7) is 2.21. The van der Waals surface area contributed by atoms with Gasteiger partial charge in [0.2, 0.25) is 4.77 Å². The lowest BCUT2D eigenvalue weighted by molar-refractivity contribution is 0.616. The molecule has 1 aromatic heterocycles. The van der Waals surface area contributed by atoms with E-state index in [9.17, 15) is 0 Å². The second-order valence-corrected chi connectivity index (χ2v) is 3.87. The number of nitrogens with zero attached hydrogens (tertiary/aromatic N) is 2. The van der Waals surface area contributed by atoms with E-state index in [1.165, 1.54) is 30.4 Å². The van der Waals surface area contributed by atoms with Crippen LogP contribution in [0.15, 0.2) is 0 Å². The summed E-state index contributed by atoms with van der Waals surface area (Å²) in [7, 11) is 0. The van der Waals surface area contributed by atoms with E-state index < -0.39 is 0 Å². The summed E-state index contributed by atoms with van der Waals surface area (Å²) >= 11 is 4.91. The normalized spacial score (nSPS) is 10.6. The number of aromatic nitrogens is 3. The van der Waals surface area contributed by atoms with E-state index in [2.05, 4.69) is 17.1 Å². The summed E-state index contributed by atoms with van der Waals surface area (Å²) in [6.07, 6.45) is 7.18. The van der Waals surface area contributed by atoms with Crippen LogP contribution in [-0.4, -0.2) is 14.9 Å². The number of nitrogens with one attached hydrogen (secondary N) is 1. The lowest BCUT2D eigenvalue weighted by atomic mass is 10.1. The lowest BCUT2D eigenvalue weighted by Crippen LogP contribution is -2.12. The van der Waals surface area contributed by atoms with Crippen LogP contribution in [0.25, 0.3) is 0 Å². The molecule has 0 bridgehead atoms. The third-order valence-corrected chi connectivity index (χ3v) is 2.57. The fourth-order valence-corrected chi connectivity index (χ4v) is 1.55. The van der Waals surface area contributed by atoms with Crippen molar-refractivity contribution in [2.24, 2.45) is 0 Å². The Bertz CT molecular complexity index is 315. The Kier molecular flexibility index (Phi) is 4.65. The number of hydrogen-bond donors (Lipinski definition) is 2. The molecule has 1 aromatic rings. The van der Waals surface area contributed by atoms with Crippen LogP contribution in [0.3, 0.4) is 0 Å². The summed E-state index contributed by atoms with van der Waals surface area (Å²) < 4.78 is 1.95. The monoisotopic (exact) mass is 214 g/mol. The SMILES string of the molecule is CCCCCCCc1n[nH]c(=S)n1N. The van der Waals surface area contributed by atoms with Crippen molar-refractivity contribution in [2.45, 2.75) is 45.4 Å². The first kappa shape index (κ1) is 11.2. The van der Waals surface area contributed by atoms with Gasteiger partial charge in [-0.05, 0) is 18.6 Å². The number of nitrogens with two attached hydrogens (primary N) is 1. The van der Waals surface area contributed by atoms with Crippen LogP contribution < -0.4 is 5.84 Å².